The van der Waals surface area contributed by atoms with E-state index in [1.165, 1.54) is 6.42 Å². The normalized spacial score (nSPS) is 19.5. The zero-order chi connectivity index (χ0) is 17.9. The summed E-state index contributed by atoms with van der Waals surface area (Å²) >= 11 is 0. The molecule has 8 heteroatoms. The Morgan fingerprint density at radius 2 is 2.27 bits per heavy atom. The SMILES string of the molecule is COCc1nc2n(n1)CC(NC(=O)c1ccnc(OC3CCC3)c1)CC2. The van der Waals surface area contributed by atoms with E-state index in [1.807, 2.05) is 4.68 Å². The van der Waals surface area contributed by atoms with Crippen molar-refractivity contribution in [2.75, 3.05) is 7.11 Å². The van der Waals surface area contributed by atoms with Crippen molar-refractivity contribution < 1.29 is 14.3 Å². The van der Waals surface area contributed by atoms with Crippen molar-refractivity contribution >= 4 is 5.91 Å². The van der Waals surface area contributed by atoms with Gasteiger partial charge in [-0.1, -0.05) is 0 Å². The number of hydrogen-bond donors (Lipinski definition) is 1. The van der Waals surface area contributed by atoms with Gasteiger partial charge < -0.3 is 14.8 Å². The number of nitrogens with one attached hydrogen (secondary N) is 1. The van der Waals surface area contributed by atoms with Gasteiger partial charge in [-0.15, -0.1) is 0 Å². The third-order valence-electron chi connectivity index (χ3n) is 4.85. The molecule has 1 fully saturated rings. The number of nitrogens with zero attached hydrogens (tertiary/aromatic N) is 4. The van der Waals surface area contributed by atoms with Crippen LogP contribution in [-0.2, 0) is 24.3 Å². The molecule has 1 aliphatic heterocycles. The number of carbonyl (C=O) groups excluding carboxylic acids is 1. The van der Waals surface area contributed by atoms with Gasteiger partial charge in [-0.3, -0.25) is 4.79 Å². The third-order valence-corrected chi connectivity index (χ3v) is 4.85. The summed E-state index contributed by atoms with van der Waals surface area (Å²) in [5.41, 5.74) is 0.568. The zero-order valence-corrected chi connectivity index (χ0v) is 14.9. The fourth-order valence-electron chi connectivity index (χ4n) is 3.21. The first-order valence-electron chi connectivity index (χ1n) is 9.06. The molecule has 0 spiro atoms. The summed E-state index contributed by atoms with van der Waals surface area (Å²) in [4.78, 5) is 21.3. The minimum atomic E-state index is -0.114. The summed E-state index contributed by atoms with van der Waals surface area (Å²) in [6, 6.07) is 3.45. The Balaban J connectivity index is 1.38. The number of aryl methyl sites for hydroxylation is 1. The monoisotopic (exact) mass is 357 g/mol. The van der Waals surface area contributed by atoms with Gasteiger partial charge >= 0.3 is 0 Å². The van der Waals surface area contributed by atoms with E-state index in [0.717, 1.165) is 31.5 Å². The van der Waals surface area contributed by atoms with Crippen LogP contribution in [0.15, 0.2) is 18.3 Å². The smallest absolute Gasteiger partial charge is 0.251 e. The van der Waals surface area contributed by atoms with E-state index >= 15 is 0 Å². The second-order valence-electron chi connectivity index (χ2n) is 6.82. The Bertz CT molecular complexity index is 787. The van der Waals surface area contributed by atoms with Gasteiger partial charge in [0, 0.05) is 37.4 Å². The lowest BCUT2D eigenvalue weighted by Crippen LogP contribution is -2.41. The van der Waals surface area contributed by atoms with Crippen molar-refractivity contribution in [2.45, 2.75) is 57.4 Å². The van der Waals surface area contributed by atoms with Crippen LogP contribution in [0.4, 0.5) is 0 Å². The van der Waals surface area contributed by atoms with Crippen molar-refractivity contribution in [3.05, 3.63) is 35.5 Å². The van der Waals surface area contributed by atoms with Crippen molar-refractivity contribution in [1.29, 1.82) is 0 Å². The summed E-state index contributed by atoms with van der Waals surface area (Å²) in [6.07, 6.45) is 6.81. The topological polar surface area (TPSA) is 91.2 Å². The Labute approximate surface area is 151 Å². The minimum Gasteiger partial charge on any atom is -0.474 e. The maximum absolute atomic E-state index is 12.6. The molecule has 8 nitrogen and oxygen atoms in total. The molecule has 0 bridgehead atoms. The van der Waals surface area contributed by atoms with Crippen molar-refractivity contribution in [3.63, 3.8) is 0 Å². The van der Waals surface area contributed by atoms with E-state index in [4.69, 9.17) is 9.47 Å². The second kappa shape index (κ2) is 7.41. The van der Waals surface area contributed by atoms with E-state index in [1.54, 1.807) is 25.4 Å². The standard InChI is InChI=1S/C18H23N5O3/c1-25-11-15-21-16-6-5-13(10-23(16)22-15)20-18(24)12-7-8-19-17(9-12)26-14-3-2-4-14/h7-9,13-14H,2-6,10-11H2,1H3,(H,20,24). The molecule has 1 atom stereocenters. The predicted octanol–water partition coefficient (Wildman–Crippen LogP) is 1.50. The van der Waals surface area contributed by atoms with E-state index in [0.29, 0.717) is 30.4 Å². The molecule has 1 saturated carbocycles. The first kappa shape index (κ1) is 17.0. The summed E-state index contributed by atoms with van der Waals surface area (Å²) in [6.45, 7) is 1.02. The van der Waals surface area contributed by atoms with E-state index in [9.17, 15) is 4.79 Å². The number of amides is 1. The first-order valence-corrected chi connectivity index (χ1v) is 9.06. The van der Waals surface area contributed by atoms with Crippen molar-refractivity contribution in [2.24, 2.45) is 0 Å². The second-order valence-corrected chi connectivity index (χ2v) is 6.82. The lowest BCUT2D eigenvalue weighted by molar-refractivity contribution is 0.0921. The van der Waals surface area contributed by atoms with Crippen LogP contribution in [0.5, 0.6) is 5.88 Å². The molecular formula is C18H23N5O3. The average Bonchev–Trinajstić information content (AvgIpc) is 3.00. The van der Waals surface area contributed by atoms with Crippen LogP contribution in [-0.4, -0.2) is 44.9 Å². The molecule has 1 aliphatic carbocycles. The van der Waals surface area contributed by atoms with Crippen molar-refractivity contribution in [3.8, 4) is 5.88 Å². The van der Waals surface area contributed by atoms with Crippen LogP contribution >= 0.6 is 0 Å². The highest BCUT2D eigenvalue weighted by Gasteiger charge is 2.24. The van der Waals surface area contributed by atoms with Gasteiger partial charge in [0.25, 0.3) is 5.91 Å². The van der Waals surface area contributed by atoms with Gasteiger partial charge in [-0.05, 0) is 31.7 Å². The molecule has 1 N–H and O–H groups in total. The lowest BCUT2D eigenvalue weighted by atomic mass is 9.96. The highest BCUT2D eigenvalue weighted by atomic mass is 16.5. The van der Waals surface area contributed by atoms with Gasteiger partial charge in [0.05, 0.1) is 6.54 Å². The van der Waals surface area contributed by atoms with Gasteiger partial charge in [0.2, 0.25) is 5.88 Å². The highest BCUT2D eigenvalue weighted by molar-refractivity contribution is 5.94. The molecule has 138 valence electrons. The number of methoxy groups -OCH3 is 1. The van der Waals surface area contributed by atoms with Crippen LogP contribution in [0.2, 0.25) is 0 Å². The Hall–Kier alpha value is -2.48. The fourth-order valence-corrected chi connectivity index (χ4v) is 3.21. The average molecular weight is 357 g/mol. The van der Waals surface area contributed by atoms with E-state index in [2.05, 4.69) is 20.4 Å². The molecule has 2 aromatic heterocycles. The molecule has 2 aliphatic rings. The zero-order valence-electron chi connectivity index (χ0n) is 14.9. The third kappa shape index (κ3) is 3.70. The lowest BCUT2D eigenvalue weighted by Gasteiger charge is -2.26. The first-order chi connectivity index (χ1) is 12.7. The number of pyridine rings is 1. The molecule has 1 unspecified atom stereocenters. The van der Waals surface area contributed by atoms with Gasteiger partial charge in [0.1, 0.15) is 18.5 Å². The summed E-state index contributed by atoms with van der Waals surface area (Å²) < 4.78 is 12.7. The quantitative estimate of drug-likeness (QED) is 0.842. The van der Waals surface area contributed by atoms with Crippen LogP contribution in [0.1, 0.15) is 47.7 Å². The molecule has 26 heavy (non-hydrogen) atoms. The van der Waals surface area contributed by atoms with Gasteiger partial charge in [-0.2, -0.15) is 5.10 Å². The van der Waals surface area contributed by atoms with E-state index < -0.39 is 0 Å². The molecule has 0 saturated heterocycles. The maximum atomic E-state index is 12.6. The molecule has 4 rings (SSSR count). The highest BCUT2D eigenvalue weighted by Crippen LogP contribution is 2.24. The summed E-state index contributed by atoms with van der Waals surface area (Å²) in [5, 5.41) is 7.52. The molecule has 2 aromatic rings. The molecule has 0 radical (unpaired) electrons. The summed E-state index contributed by atoms with van der Waals surface area (Å²) in [5.74, 6) is 2.04. The van der Waals surface area contributed by atoms with Crippen LogP contribution in [0.3, 0.4) is 0 Å². The Morgan fingerprint density at radius 3 is 3.04 bits per heavy atom. The molecular weight excluding hydrogens is 334 g/mol. The predicted molar refractivity (Wildman–Crippen MR) is 92.8 cm³/mol. The number of aromatic nitrogens is 4. The number of carbonyl (C=O) groups is 1. The van der Waals surface area contributed by atoms with Crippen LogP contribution < -0.4 is 10.1 Å². The molecule has 3 heterocycles. The largest absolute Gasteiger partial charge is 0.474 e. The summed E-state index contributed by atoms with van der Waals surface area (Å²) in [7, 11) is 1.63. The molecule has 0 aromatic carbocycles. The molecule has 1 amide bonds. The minimum absolute atomic E-state index is 0.0243. The van der Waals surface area contributed by atoms with Gasteiger partial charge in [0.15, 0.2) is 5.82 Å². The Kier molecular flexibility index (Phi) is 4.83. The van der Waals surface area contributed by atoms with Crippen molar-refractivity contribution in [1.82, 2.24) is 25.1 Å². The van der Waals surface area contributed by atoms with Gasteiger partial charge in [-0.25, -0.2) is 14.6 Å². The number of fused-ring (bicyclic) bond motifs is 1. The van der Waals surface area contributed by atoms with Crippen LogP contribution in [0.25, 0.3) is 0 Å². The maximum Gasteiger partial charge on any atom is 0.251 e. The van der Waals surface area contributed by atoms with E-state index in [-0.39, 0.29) is 18.1 Å². The fraction of sp³-hybridized carbons (Fsp3) is 0.556. The Morgan fingerprint density at radius 1 is 1.38 bits per heavy atom. The number of ether oxygens (including phenoxy) is 2. The number of hydrogen-bond acceptors (Lipinski definition) is 6. The van der Waals surface area contributed by atoms with Crippen LogP contribution in [0, 0.1) is 0 Å². The number of rotatable bonds is 6.